The molecule has 0 unspecified atom stereocenters. The predicted molar refractivity (Wildman–Crippen MR) is 89.1 cm³/mol. The molecule has 0 radical (unpaired) electrons. The number of pyridine rings is 1. The summed E-state index contributed by atoms with van der Waals surface area (Å²) in [5.41, 5.74) is 2.98. The number of aryl methyl sites for hydroxylation is 2. The maximum Gasteiger partial charge on any atom is 0.237 e. The fourth-order valence-corrected chi connectivity index (χ4v) is 2.97. The van der Waals surface area contributed by atoms with E-state index in [1.807, 2.05) is 39.0 Å². The highest BCUT2D eigenvalue weighted by atomic mass is 35.5. The zero-order valence-corrected chi connectivity index (χ0v) is 13.8. The van der Waals surface area contributed by atoms with Gasteiger partial charge in [0, 0.05) is 11.9 Å². The van der Waals surface area contributed by atoms with Crippen LogP contribution in [0.15, 0.2) is 41.6 Å². The number of anilines is 1. The summed E-state index contributed by atoms with van der Waals surface area (Å²) in [7, 11) is 0. The Morgan fingerprint density at radius 1 is 1.24 bits per heavy atom. The van der Waals surface area contributed by atoms with Crippen molar-refractivity contribution in [3.8, 4) is 0 Å². The quantitative estimate of drug-likeness (QED) is 0.845. The van der Waals surface area contributed by atoms with Crippen LogP contribution in [0.25, 0.3) is 0 Å². The molecule has 5 heteroatoms. The van der Waals surface area contributed by atoms with Crippen LogP contribution in [-0.2, 0) is 4.79 Å². The lowest BCUT2D eigenvalue weighted by molar-refractivity contribution is -0.115. The molecule has 0 aliphatic carbocycles. The van der Waals surface area contributed by atoms with Crippen LogP contribution in [0, 0.1) is 13.8 Å². The van der Waals surface area contributed by atoms with Crippen molar-refractivity contribution < 1.29 is 4.79 Å². The average Bonchev–Trinajstić information content (AvgIpc) is 2.45. The Kier molecular flexibility index (Phi) is 5.26. The molecule has 1 atom stereocenters. The Bertz CT molecular complexity index is 640. The van der Waals surface area contributed by atoms with E-state index in [0.29, 0.717) is 10.0 Å². The number of aromatic nitrogens is 1. The van der Waals surface area contributed by atoms with E-state index in [-0.39, 0.29) is 11.2 Å². The van der Waals surface area contributed by atoms with Crippen molar-refractivity contribution in [3.05, 3.63) is 52.7 Å². The highest BCUT2D eigenvalue weighted by molar-refractivity contribution is 8.00. The second-order valence-electron chi connectivity index (χ2n) is 4.81. The minimum absolute atomic E-state index is 0.0564. The molecule has 1 amide bonds. The van der Waals surface area contributed by atoms with E-state index in [0.717, 1.165) is 16.8 Å². The fourth-order valence-electron chi connectivity index (χ4n) is 1.92. The monoisotopic (exact) mass is 320 g/mol. The highest BCUT2D eigenvalue weighted by Crippen LogP contribution is 2.29. The van der Waals surface area contributed by atoms with Gasteiger partial charge in [0.2, 0.25) is 5.91 Å². The number of nitrogens with one attached hydrogen (secondary N) is 1. The molecule has 110 valence electrons. The van der Waals surface area contributed by atoms with Crippen LogP contribution in [0.1, 0.15) is 18.1 Å². The molecular formula is C16H17ClN2OS. The van der Waals surface area contributed by atoms with Gasteiger partial charge < -0.3 is 5.32 Å². The molecule has 1 heterocycles. The normalized spacial score (nSPS) is 12.0. The summed E-state index contributed by atoms with van der Waals surface area (Å²) in [4.78, 5) is 16.5. The van der Waals surface area contributed by atoms with Gasteiger partial charge in [-0.2, -0.15) is 0 Å². The molecular weight excluding hydrogens is 304 g/mol. The fraction of sp³-hybridized carbons (Fsp3) is 0.250. The topological polar surface area (TPSA) is 42.0 Å². The largest absolute Gasteiger partial charge is 0.325 e. The Morgan fingerprint density at radius 3 is 2.52 bits per heavy atom. The second kappa shape index (κ2) is 6.96. The number of para-hydroxylation sites is 1. The minimum atomic E-state index is -0.281. The van der Waals surface area contributed by atoms with E-state index in [2.05, 4.69) is 10.3 Å². The van der Waals surface area contributed by atoms with E-state index in [9.17, 15) is 4.79 Å². The van der Waals surface area contributed by atoms with Crippen LogP contribution in [0.5, 0.6) is 0 Å². The van der Waals surface area contributed by atoms with Gasteiger partial charge in [-0.15, -0.1) is 0 Å². The van der Waals surface area contributed by atoms with Crippen molar-refractivity contribution in [1.29, 1.82) is 0 Å². The van der Waals surface area contributed by atoms with Crippen molar-refractivity contribution in [2.75, 3.05) is 5.32 Å². The van der Waals surface area contributed by atoms with E-state index in [1.54, 1.807) is 18.3 Å². The van der Waals surface area contributed by atoms with Gasteiger partial charge >= 0.3 is 0 Å². The molecule has 0 bridgehead atoms. The number of carbonyl (C=O) groups excluding carboxylic acids is 1. The lowest BCUT2D eigenvalue weighted by Crippen LogP contribution is -2.23. The molecule has 0 fully saturated rings. The van der Waals surface area contributed by atoms with Crippen molar-refractivity contribution in [2.24, 2.45) is 0 Å². The first-order valence-corrected chi connectivity index (χ1v) is 7.89. The molecule has 0 saturated heterocycles. The maximum atomic E-state index is 12.3. The van der Waals surface area contributed by atoms with Crippen LogP contribution in [-0.4, -0.2) is 16.1 Å². The number of benzene rings is 1. The van der Waals surface area contributed by atoms with Gasteiger partial charge in [-0.25, -0.2) is 4.98 Å². The molecule has 2 aromatic rings. The Hall–Kier alpha value is -1.52. The first-order chi connectivity index (χ1) is 9.99. The first kappa shape index (κ1) is 15.9. The zero-order valence-electron chi connectivity index (χ0n) is 12.2. The second-order valence-corrected chi connectivity index (χ2v) is 6.54. The lowest BCUT2D eigenvalue weighted by Gasteiger charge is -2.15. The predicted octanol–water partition coefficient (Wildman–Crippen LogP) is 4.47. The number of thioether (sulfide) groups is 1. The van der Waals surface area contributed by atoms with Crippen LogP contribution >= 0.6 is 23.4 Å². The molecule has 1 N–H and O–H groups in total. The zero-order chi connectivity index (χ0) is 15.4. The molecule has 2 rings (SSSR count). The Balaban J connectivity index is 2.08. The molecule has 21 heavy (non-hydrogen) atoms. The van der Waals surface area contributed by atoms with Gasteiger partial charge in [-0.05, 0) is 44.0 Å². The molecule has 1 aromatic carbocycles. The number of nitrogens with zero attached hydrogens (tertiary/aromatic N) is 1. The third-order valence-corrected chi connectivity index (χ3v) is 4.64. The summed E-state index contributed by atoms with van der Waals surface area (Å²) in [5.74, 6) is -0.0564. The van der Waals surface area contributed by atoms with Crippen LogP contribution < -0.4 is 5.32 Å². The molecule has 1 aromatic heterocycles. The van der Waals surface area contributed by atoms with Crippen molar-refractivity contribution in [1.82, 2.24) is 4.98 Å². The van der Waals surface area contributed by atoms with E-state index in [1.165, 1.54) is 11.8 Å². The number of rotatable bonds is 4. The van der Waals surface area contributed by atoms with E-state index in [4.69, 9.17) is 11.6 Å². The number of hydrogen-bond donors (Lipinski definition) is 1. The maximum absolute atomic E-state index is 12.3. The molecule has 3 nitrogen and oxygen atoms in total. The van der Waals surface area contributed by atoms with Crippen molar-refractivity contribution in [2.45, 2.75) is 31.0 Å². The summed E-state index contributed by atoms with van der Waals surface area (Å²) in [6.07, 6.45) is 1.67. The molecule has 0 spiro atoms. The van der Waals surface area contributed by atoms with Crippen LogP contribution in [0.2, 0.25) is 5.02 Å². The number of hydrogen-bond acceptors (Lipinski definition) is 3. The summed E-state index contributed by atoms with van der Waals surface area (Å²) in [5, 5.41) is 3.94. The summed E-state index contributed by atoms with van der Waals surface area (Å²) in [6, 6.07) is 9.49. The van der Waals surface area contributed by atoms with Crippen molar-refractivity contribution >= 4 is 35.0 Å². The average molecular weight is 321 g/mol. The standard InChI is InChI=1S/C16H17ClN2OS/c1-10-6-4-7-11(2)14(10)19-15(20)12(3)21-16-13(17)8-5-9-18-16/h4-9,12H,1-3H3,(H,19,20)/t12-/m1/s1. The third-order valence-electron chi connectivity index (χ3n) is 3.11. The van der Waals surface area contributed by atoms with Gasteiger partial charge in [-0.3, -0.25) is 4.79 Å². The van der Waals surface area contributed by atoms with Gasteiger partial charge in [0.05, 0.1) is 10.3 Å². The third kappa shape index (κ3) is 3.99. The smallest absolute Gasteiger partial charge is 0.237 e. The van der Waals surface area contributed by atoms with Gasteiger partial charge in [0.1, 0.15) is 5.03 Å². The SMILES string of the molecule is Cc1cccc(C)c1NC(=O)[C@@H](C)Sc1ncccc1Cl. The Morgan fingerprint density at radius 2 is 1.90 bits per heavy atom. The number of carbonyl (C=O) groups is 1. The molecule has 0 aliphatic heterocycles. The van der Waals surface area contributed by atoms with Gasteiger partial charge in [0.25, 0.3) is 0 Å². The molecule has 0 aliphatic rings. The minimum Gasteiger partial charge on any atom is -0.325 e. The summed E-state index contributed by atoms with van der Waals surface area (Å²) in [6.45, 7) is 5.81. The Labute approximate surface area is 134 Å². The molecule has 0 saturated carbocycles. The van der Waals surface area contributed by atoms with Crippen LogP contribution in [0.3, 0.4) is 0 Å². The highest BCUT2D eigenvalue weighted by Gasteiger charge is 2.18. The van der Waals surface area contributed by atoms with Gasteiger partial charge in [0.15, 0.2) is 0 Å². The van der Waals surface area contributed by atoms with Crippen LogP contribution in [0.4, 0.5) is 5.69 Å². The van der Waals surface area contributed by atoms with Crippen molar-refractivity contribution in [3.63, 3.8) is 0 Å². The summed E-state index contributed by atoms with van der Waals surface area (Å²) < 4.78 is 0. The van der Waals surface area contributed by atoms with E-state index < -0.39 is 0 Å². The lowest BCUT2D eigenvalue weighted by atomic mass is 10.1. The van der Waals surface area contributed by atoms with Gasteiger partial charge in [-0.1, -0.05) is 41.6 Å². The number of amides is 1. The summed E-state index contributed by atoms with van der Waals surface area (Å²) >= 11 is 7.42. The number of halogens is 1. The van der Waals surface area contributed by atoms with E-state index >= 15 is 0 Å². The first-order valence-electron chi connectivity index (χ1n) is 6.63.